The Hall–Kier alpha value is -1.88. The molecule has 1 saturated carbocycles. The van der Waals surface area contributed by atoms with Gasteiger partial charge in [0.2, 0.25) is 0 Å². The van der Waals surface area contributed by atoms with E-state index in [9.17, 15) is 10.0 Å². The van der Waals surface area contributed by atoms with E-state index in [2.05, 4.69) is 45.9 Å². The second-order valence-electron chi connectivity index (χ2n) is 6.94. The smallest absolute Gasteiger partial charge is 0.0970 e. The highest BCUT2D eigenvalue weighted by atomic mass is 16.3. The van der Waals surface area contributed by atoms with E-state index in [4.69, 9.17) is 0 Å². The summed E-state index contributed by atoms with van der Waals surface area (Å²) >= 11 is 0. The molecule has 5 nitrogen and oxygen atoms in total. The summed E-state index contributed by atoms with van der Waals surface area (Å²) in [6.07, 6.45) is 6.06. The molecule has 2 N–H and O–H groups in total. The molecule has 1 fully saturated rings. The minimum atomic E-state index is -0.192. The molecule has 2 heterocycles. The molecular weight excluding hydrogens is 290 g/mol. The first kappa shape index (κ1) is 14.7. The second-order valence-corrected chi connectivity index (χ2v) is 6.94. The second kappa shape index (κ2) is 5.96. The number of nitrogens with one attached hydrogen (secondary N) is 1. The number of rotatable bonds is 4. The van der Waals surface area contributed by atoms with Crippen molar-refractivity contribution in [1.82, 2.24) is 10.2 Å². The van der Waals surface area contributed by atoms with Gasteiger partial charge < -0.3 is 15.3 Å². The van der Waals surface area contributed by atoms with Crippen LogP contribution in [0.4, 0.5) is 0 Å². The highest BCUT2D eigenvalue weighted by molar-refractivity contribution is 5.73. The van der Waals surface area contributed by atoms with Crippen molar-refractivity contribution in [1.29, 1.82) is 0 Å². The number of fused-ring (bicyclic) bond motifs is 3. The van der Waals surface area contributed by atoms with Crippen LogP contribution in [0.15, 0.2) is 35.6 Å². The number of hydrogen-bond acceptors (Lipinski definition) is 5. The Morgan fingerprint density at radius 3 is 2.83 bits per heavy atom. The van der Waals surface area contributed by atoms with Crippen molar-refractivity contribution in [2.45, 2.75) is 50.3 Å². The number of nitroso groups, excluding NO2 is 1. The average Bonchev–Trinajstić information content (AvgIpc) is 3.16. The molecule has 1 aromatic rings. The molecule has 3 aliphatic rings. The van der Waals surface area contributed by atoms with Crippen LogP contribution in [-0.2, 0) is 0 Å². The van der Waals surface area contributed by atoms with Gasteiger partial charge in [0.15, 0.2) is 0 Å². The van der Waals surface area contributed by atoms with Gasteiger partial charge >= 0.3 is 0 Å². The lowest BCUT2D eigenvalue weighted by Gasteiger charge is -2.32. The first-order chi connectivity index (χ1) is 11.3. The quantitative estimate of drug-likeness (QED) is 0.839. The summed E-state index contributed by atoms with van der Waals surface area (Å²) in [5.74, 6) is 0.312. The maximum atomic E-state index is 11.5. The van der Waals surface area contributed by atoms with Crippen LogP contribution < -0.4 is 5.32 Å². The van der Waals surface area contributed by atoms with E-state index in [1.807, 2.05) is 0 Å². The van der Waals surface area contributed by atoms with Gasteiger partial charge in [0.05, 0.1) is 30.6 Å². The largest absolute Gasteiger partial charge is 0.393 e. The van der Waals surface area contributed by atoms with Crippen molar-refractivity contribution in [2.75, 3.05) is 6.67 Å². The summed E-state index contributed by atoms with van der Waals surface area (Å²) in [5, 5.41) is 16.5. The summed E-state index contributed by atoms with van der Waals surface area (Å²) in [6.45, 7) is 0.795. The molecule has 0 aromatic heterocycles. The van der Waals surface area contributed by atoms with E-state index in [1.54, 1.807) is 0 Å². The Kier molecular flexibility index (Phi) is 3.81. The molecule has 2 atom stereocenters. The predicted molar refractivity (Wildman–Crippen MR) is 89.2 cm³/mol. The lowest BCUT2D eigenvalue weighted by molar-refractivity contribution is 0.0976. The third kappa shape index (κ3) is 2.53. The molecule has 2 unspecified atom stereocenters. The molecule has 1 aliphatic carbocycles. The van der Waals surface area contributed by atoms with Crippen LogP contribution >= 0.6 is 0 Å². The fourth-order valence-corrected chi connectivity index (χ4v) is 4.40. The van der Waals surface area contributed by atoms with Gasteiger partial charge in [-0.05, 0) is 43.6 Å². The number of aliphatic hydroxyl groups is 1. The first-order valence-electron chi connectivity index (χ1n) is 8.58. The van der Waals surface area contributed by atoms with Gasteiger partial charge in [-0.15, -0.1) is 0 Å². The fourth-order valence-electron chi connectivity index (χ4n) is 4.40. The molecule has 0 radical (unpaired) electrons. The van der Waals surface area contributed by atoms with E-state index >= 15 is 0 Å². The van der Waals surface area contributed by atoms with Crippen LogP contribution in [0.1, 0.15) is 49.3 Å². The van der Waals surface area contributed by atoms with Gasteiger partial charge in [-0.2, -0.15) is 4.91 Å². The minimum Gasteiger partial charge on any atom is -0.393 e. The Balaban J connectivity index is 1.55. The van der Waals surface area contributed by atoms with Crippen molar-refractivity contribution < 1.29 is 5.11 Å². The predicted octanol–water partition coefficient (Wildman–Crippen LogP) is 2.98. The summed E-state index contributed by atoms with van der Waals surface area (Å²) in [6, 6.07) is 8.52. The van der Waals surface area contributed by atoms with Crippen molar-refractivity contribution in [3.63, 3.8) is 0 Å². The Morgan fingerprint density at radius 1 is 1.26 bits per heavy atom. The van der Waals surface area contributed by atoms with Crippen LogP contribution in [0.5, 0.6) is 0 Å². The topological polar surface area (TPSA) is 64.9 Å². The van der Waals surface area contributed by atoms with Crippen molar-refractivity contribution in [3.8, 4) is 0 Å². The standard InChI is InChI=1S/C18H23N3O2/c22-13-7-5-12(6-8-13)16(20-23)9-17-14-3-1-2-4-15(14)18-10-19-11-21(17)18/h1-4,10,12-13,16-17,19,22H,5-9,11H2. The number of benzene rings is 1. The Morgan fingerprint density at radius 2 is 2.04 bits per heavy atom. The molecule has 0 bridgehead atoms. The molecule has 0 saturated heterocycles. The van der Waals surface area contributed by atoms with Gasteiger partial charge in [0.1, 0.15) is 0 Å². The van der Waals surface area contributed by atoms with Gasteiger partial charge in [-0.1, -0.05) is 29.4 Å². The number of aliphatic hydroxyl groups excluding tert-OH is 1. The van der Waals surface area contributed by atoms with Crippen molar-refractivity contribution in [2.24, 2.45) is 11.1 Å². The summed E-state index contributed by atoms with van der Waals surface area (Å²) in [7, 11) is 0. The molecule has 122 valence electrons. The highest BCUT2D eigenvalue weighted by Gasteiger charge is 2.39. The van der Waals surface area contributed by atoms with Crippen LogP contribution in [0.2, 0.25) is 0 Å². The molecule has 0 spiro atoms. The monoisotopic (exact) mass is 313 g/mol. The van der Waals surface area contributed by atoms with Crippen LogP contribution in [0.25, 0.3) is 5.70 Å². The molecule has 5 heteroatoms. The van der Waals surface area contributed by atoms with Crippen LogP contribution in [-0.4, -0.2) is 28.8 Å². The summed E-state index contributed by atoms with van der Waals surface area (Å²) < 4.78 is 0. The highest BCUT2D eigenvalue weighted by Crippen LogP contribution is 2.46. The lowest BCUT2D eigenvalue weighted by Crippen LogP contribution is -2.31. The third-order valence-electron chi connectivity index (χ3n) is 5.67. The third-order valence-corrected chi connectivity index (χ3v) is 5.67. The summed E-state index contributed by atoms with van der Waals surface area (Å²) in [5.41, 5.74) is 3.81. The zero-order valence-electron chi connectivity index (χ0n) is 13.2. The van der Waals surface area contributed by atoms with Gasteiger partial charge in [-0.3, -0.25) is 0 Å². The molecular formula is C18H23N3O2. The Bertz CT molecular complexity index is 622. The van der Waals surface area contributed by atoms with Crippen molar-refractivity contribution >= 4 is 5.70 Å². The van der Waals surface area contributed by atoms with E-state index in [-0.39, 0.29) is 18.2 Å². The maximum absolute atomic E-state index is 11.5. The normalized spacial score (nSPS) is 30.2. The average molecular weight is 313 g/mol. The maximum Gasteiger partial charge on any atom is 0.0970 e. The molecule has 2 aliphatic heterocycles. The molecule has 0 amide bonds. The van der Waals surface area contributed by atoms with E-state index in [0.717, 1.165) is 38.8 Å². The SMILES string of the molecule is O=NC(CC1c2ccccc2C2=CNCN21)C1CCC(O)CC1. The number of hydrogen-bond donors (Lipinski definition) is 2. The fraction of sp³-hybridized carbons (Fsp3) is 0.556. The Labute approximate surface area is 136 Å². The summed E-state index contributed by atoms with van der Waals surface area (Å²) in [4.78, 5) is 13.9. The van der Waals surface area contributed by atoms with E-state index in [1.165, 1.54) is 16.8 Å². The van der Waals surface area contributed by atoms with E-state index < -0.39 is 0 Å². The first-order valence-corrected chi connectivity index (χ1v) is 8.58. The van der Waals surface area contributed by atoms with Crippen molar-refractivity contribution in [3.05, 3.63) is 46.5 Å². The minimum absolute atomic E-state index is 0.166. The molecule has 1 aromatic carbocycles. The van der Waals surface area contributed by atoms with E-state index in [0.29, 0.717) is 5.92 Å². The van der Waals surface area contributed by atoms with Gasteiger partial charge in [-0.25, -0.2) is 0 Å². The zero-order valence-corrected chi connectivity index (χ0v) is 13.2. The van der Waals surface area contributed by atoms with Crippen LogP contribution in [0.3, 0.4) is 0 Å². The lowest BCUT2D eigenvalue weighted by atomic mass is 9.80. The molecule has 4 rings (SSSR count). The van der Waals surface area contributed by atoms with Gasteiger partial charge in [0, 0.05) is 11.8 Å². The zero-order chi connectivity index (χ0) is 15.8. The molecule has 23 heavy (non-hydrogen) atoms. The van der Waals surface area contributed by atoms with Crippen LogP contribution in [0, 0.1) is 10.8 Å². The number of nitrogens with zero attached hydrogens (tertiary/aromatic N) is 2. The van der Waals surface area contributed by atoms with Gasteiger partial charge in [0.25, 0.3) is 0 Å².